The number of carbonyl (C=O) groups excluding carboxylic acids is 1. The van der Waals surface area contributed by atoms with Crippen molar-refractivity contribution >= 4 is 11.6 Å². The van der Waals surface area contributed by atoms with Crippen LogP contribution in [0.1, 0.15) is 52.0 Å². The topological polar surface area (TPSA) is 41.1 Å². The standard InChI is InChI=1S/C16H26N2O/c1-5-6-11-17-16(19)13(4)18-15-10-8-7-9-14(15)12(2)3/h7-10,12-13,18H,5-6,11H2,1-4H3,(H,17,19). The number of para-hydroxylation sites is 1. The first-order valence-corrected chi connectivity index (χ1v) is 7.19. The van der Waals surface area contributed by atoms with Gasteiger partial charge < -0.3 is 10.6 Å². The Morgan fingerprint density at radius 2 is 1.89 bits per heavy atom. The van der Waals surface area contributed by atoms with Crippen molar-refractivity contribution in [2.75, 3.05) is 11.9 Å². The van der Waals surface area contributed by atoms with E-state index in [1.165, 1.54) is 5.56 Å². The van der Waals surface area contributed by atoms with Crippen LogP contribution in [0.3, 0.4) is 0 Å². The van der Waals surface area contributed by atoms with E-state index in [1.807, 2.05) is 25.1 Å². The monoisotopic (exact) mass is 262 g/mol. The number of hydrogen-bond donors (Lipinski definition) is 2. The Balaban J connectivity index is 2.61. The predicted octanol–water partition coefficient (Wildman–Crippen LogP) is 3.53. The number of amides is 1. The van der Waals surface area contributed by atoms with Gasteiger partial charge >= 0.3 is 0 Å². The average molecular weight is 262 g/mol. The second kappa shape index (κ2) is 7.82. The SMILES string of the molecule is CCCCNC(=O)C(C)Nc1ccccc1C(C)C. The van der Waals surface area contributed by atoms with Gasteiger partial charge in [-0.25, -0.2) is 0 Å². The molecule has 3 heteroatoms. The minimum Gasteiger partial charge on any atom is -0.374 e. The molecule has 1 atom stereocenters. The van der Waals surface area contributed by atoms with Gasteiger partial charge in [0.25, 0.3) is 0 Å². The molecule has 3 nitrogen and oxygen atoms in total. The lowest BCUT2D eigenvalue weighted by Crippen LogP contribution is -2.38. The lowest BCUT2D eigenvalue weighted by molar-refractivity contribution is -0.121. The zero-order valence-corrected chi connectivity index (χ0v) is 12.5. The summed E-state index contributed by atoms with van der Waals surface area (Å²) in [7, 11) is 0. The molecule has 2 N–H and O–H groups in total. The van der Waals surface area contributed by atoms with Gasteiger partial charge in [-0.15, -0.1) is 0 Å². The summed E-state index contributed by atoms with van der Waals surface area (Å²) in [5.74, 6) is 0.506. The summed E-state index contributed by atoms with van der Waals surface area (Å²) in [6.07, 6.45) is 2.12. The Kier molecular flexibility index (Phi) is 6.40. The first-order chi connectivity index (χ1) is 9.06. The molecule has 0 aliphatic rings. The number of rotatable bonds is 7. The maximum Gasteiger partial charge on any atom is 0.242 e. The van der Waals surface area contributed by atoms with E-state index < -0.39 is 0 Å². The van der Waals surface area contributed by atoms with Gasteiger partial charge in [0.15, 0.2) is 0 Å². The zero-order chi connectivity index (χ0) is 14.3. The zero-order valence-electron chi connectivity index (χ0n) is 12.5. The molecule has 106 valence electrons. The molecule has 0 saturated carbocycles. The second-order valence-electron chi connectivity index (χ2n) is 5.25. The van der Waals surface area contributed by atoms with Crippen molar-refractivity contribution in [3.63, 3.8) is 0 Å². The van der Waals surface area contributed by atoms with Gasteiger partial charge in [0, 0.05) is 12.2 Å². The Morgan fingerprint density at radius 1 is 1.21 bits per heavy atom. The average Bonchev–Trinajstić information content (AvgIpc) is 2.39. The first-order valence-electron chi connectivity index (χ1n) is 7.19. The Labute approximate surface area is 116 Å². The molecule has 19 heavy (non-hydrogen) atoms. The second-order valence-corrected chi connectivity index (χ2v) is 5.25. The highest BCUT2D eigenvalue weighted by Gasteiger charge is 2.14. The number of nitrogens with one attached hydrogen (secondary N) is 2. The number of unbranched alkanes of at least 4 members (excludes halogenated alkanes) is 1. The number of anilines is 1. The summed E-state index contributed by atoms with van der Waals surface area (Å²) in [5.41, 5.74) is 2.30. The molecule has 1 amide bonds. The quantitative estimate of drug-likeness (QED) is 0.738. The van der Waals surface area contributed by atoms with Crippen LogP contribution in [0.15, 0.2) is 24.3 Å². The first kappa shape index (κ1) is 15.5. The van der Waals surface area contributed by atoms with E-state index in [-0.39, 0.29) is 11.9 Å². The van der Waals surface area contributed by atoms with Crippen molar-refractivity contribution in [1.82, 2.24) is 5.32 Å². The van der Waals surface area contributed by atoms with E-state index in [4.69, 9.17) is 0 Å². The van der Waals surface area contributed by atoms with Crippen molar-refractivity contribution in [1.29, 1.82) is 0 Å². The van der Waals surface area contributed by atoms with Gasteiger partial charge in [0.1, 0.15) is 6.04 Å². The molecular weight excluding hydrogens is 236 g/mol. The molecule has 1 unspecified atom stereocenters. The number of carbonyl (C=O) groups is 1. The van der Waals surface area contributed by atoms with E-state index in [0.29, 0.717) is 5.92 Å². The molecule has 0 bridgehead atoms. The van der Waals surface area contributed by atoms with Crippen molar-refractivity contribution in [2.24, 2.45) is 0 Å². The Bertz CT molecular complexity index is 401. The summed E-state index contributed by atoms with van der Waals surface area (Å²) < 4.78 is 0. The largest absolute Gasteiger partial charge is 0.374 e. The smallest absolute Gasteiger partial charge is 0.242 e. The summed E-state index contributed by atoms with van der Waals surface area (Å²) in [6, 6.07) is 7.96. The molecular formula is C16H26N2O. The molecule has 0 aliphatic carbocycles. The number of benzene rings is 1. The molecule has 0 saturated heterocycles. The highest BCUT2D eigenvalue weighted by atomic mass is 16.2. The third-order valence-electron chi connectivity index (χ3n) is 3.18. The van der Waals surface area contributed by atoms with E-state index in [0.717, 1.165) is 25.1 Å². The lowest BCUT2D eigenvalue weighted by atomic mass is 10.0. The van der Waals surface area contributed by atoms with Crippen LogP contribution in [-0.4, -0.2) is 18.5 Å². The number of hydrogen-bond acceptors (Lipinski definition) is 2. The van der Waals surface area contributed by atoms with Crippen molar-refractivity contribution in [3.8, 4) is 0 Å². The van der Waals surface area contributed by atoms with Crippen LogP contribution in [-0.2, 0) is 4.79 Å². The van der Waals surface area contributed by atoms with Crippen molar-refractivity contribution < 1.29 is 4.79 Å². The molecule has 1 aromatic rings. The highest BCUT2D eigenvalue weighted by Crippen LogP contribution is 2.24. The van der Waals surface area contributed by atoms with Gasteiger partial charge in [0.2, 0.25) is 5.91 Å². The molecule has 0 aromatic heterocycles. The molecule has 0 fully saturated rings. The highest BCUT2D eigenvalue weighted by molar-refractivity contribution is 5.84. The summed E-state index contributed by atoms with van der Waals surface area (Å²) in [6.45, 7) is 9.09. The summed E-state index contributed by atoms with van der Waals surface area (Å²) in [4.78, 5) is 11.9. The third-order valence-corrected chi connectivity index (χ3v) is 3.18. The third kappa shape index (κ3) is 4.93. The Morgan fingerprint density at radius 3 is 2.53 bits per heavy atom. The maximum atomic E-state index is 11.9. The fourth-order valence-electron chi connectivity index (χ4n) is 1.97. The molecule has 0 radical (unpaired) electrons. The van der Waals surface area contributed by atoms with Crippen LogP contribution < -0.4 is 10.6 Å². The summed E-state index contributed by atoms with van der Waals surface area (Å²) in [5, 5.41) is 6.26. The fraction of sp³-hybridized carbons (Fsp3) is 0.562. The van der Waals surface area contributed by atoms with Crippen LogP contribution in [0.5, 0.6) is 0 Å². The Hall–Kier alpha value is -1.51. The molecule has 1 aromatic carbocycles. The lowest BCUT2D eigenvalue weighted by Gasteiger charge is -2.19. The van der Waals surface area contributed by atoms with E-state index in [2.05, 4.69) is 37.5 Å². The van der Waals surface area contributed by atoms with Gasteiger partial charge in [0.05, 0.1) is 0 Å². The van der Waals surface area contributed by atoms with Crippen LogP contribution >= 0.6 is 0 Å². The van der Waals surface area contributed by atoms with Gasteiger partial charge in [-0.3, -0.25) is 4.79 Å². The van der Waals surface area contributed by atoms with E-state index >= 15 is 0 Å². The molecule has 0 aliphatic heterocycles. The molecule has 1 rings (SSSR count). The molecule has 0 heterocycles. The maximum absolute atomic E-state index is 11.9. The van der Waals surface area contributed by atoms with Crippen LogP contribution in [0.4, 0.5) is 5.69 Å². The molecule has 0 spiro atoms. The van der Waals surface area contributed by atoms with Crippen LogP contribution in [0.2, 0.25) is 0 Å². The van der Waals surface area contributed by atoms with Crippen LogP contribution in [0, 0.1) is 0 Å². The van der Waals surface area contributed by atoms with Gasteiger partial charge in [-0.2, -0.15) is 0 Å². The van der Waals surface area contributed by atoms with Crippen molar-refractivity contribution in [3.05, 3.63) is 29.8 Å². The minimum absolute atomic E-state index is 0.0620. The van der Waals surface area contributed by atoms with Gasteiger partial charge in [-0.1, -0.05) is 45.4 Å². The van der Waals surface area contributed by atoms with E-state index in [9.17, 15) is 4.79 Å². The fourth-order valence-corrected chi connectivity index (χ4v) is 1.97. The summed E-state index contributed by atoms with van der Waals surface area (Å²) >= 11 is 0. The van der Waals surface area contributed by atoms with Crippen molar-refractivity contribution in [2.45, 2.75) is 52.5 Å². The predicted molar refractivity (Wildman–Crippen MR) is 81.5 cm³/mol. The van der Waals surface area contributed by atoms with E-state index in [1.54, 1.807) is 0 Å². The van der Waals surface area contributed by atoms with Crippen LogP contribution in [0.25, 0.3) is 0 Å². The normalized spacial score (nSPS) is 12.3. The van der Waals surface area contributed by atoms with Gasteiger partial charge in [-0.05, 0) is 30.9 Å². The minimum atomic E-state index is -0.211.